The first-order valence-corrected chi connectivity index (χ1v) is 7.37. The second-order valence-electron chi connectivity index (χ2n) is 5.71. The number of nitro groups is 1. The average molecular weight is 320 g/mol. The topological polar surface area (TPSA) is 123 Å². The smallest absolute Gasteiger partial charge is 0.272 e. The summed E-state index contributed by atoms with van der Waals surface area (Å²) in [5, 5.41) is 10.8. The summed E-state index contributed by atoms with van der Waals surface area (Å²) in [5.74, 6) is -0.618. The fraction of sp³-hybridized carbons (Fsp3) is 0.429. The third-order valence-electron chi connectivity index (χ3n) is 4.23. The number of aliphatic imine (C=N–C) groups is 2. The molecule has 1 aromatic carbocycles. The molecule has 0 amide bonds. The molecule has 8 nitrogen and oxygen atoms in total. The normalized spacial score (nSPS) is 20.1. The van der Waals surface area contributed by atoms with Crippen LogP contribution in [0.4, 0.5) is 15.8 Å². The zero-order valence-corrected chi connectivity index (χ0v) is 12.4. The molecule has 9 heteroatoms. The van der Waals surface area contributed by atoms with Gasteiger partial charge in [-0.1, -0.05) is 6.42 Å². The SMILES string of the molecule is NC1=NC2(CCCCC2)N(c2ccc([N+](=O)[O-])cc2F)C(N)=N1. The number of rotatable bonds is 2. The van der Waals surface area contributed by atoms with E-state index < -0.39 is 16.4 Å². The summed E-state index contributed by atoms with van der Waals surface area (Å²) in [5.41, 5.74) is 10.8. The second kappa shape index (κ2) is 5.49. The molecular weight excluding hydrogens is 303 g/mol. The van der Waals surface area contributed by atoms with Crippen LogP contribution in [0.25, 0.3) is 0 Å². The van der Waals surface area contributed by atoms with Gasteiger partial charge in [0.2, 0.25) is 11.9 Å². The molecule has 4 N–H and O–H groups in total. The van der Waals surface area contributed by atoms with Gasteiger partial charge in [0.05, 0.1) is 16.7 Å². The van der Waals surface area contributed by atoms with E-state index in [0.717, 1.165) is 25.3 Å². The Balaban J connectivity index is 2.09. The molecular formula is C14H17FN6O2. The predicted molar refractivity (Wildman–Crippen MR) is 84.6 cm³/mol. The molecule has 1 aromatic rings. The van der Waals surface area contributed by atoms with Crippen LogP contribution in [-0.2, 0) is 0 Å². The number of halogens is 1. The Morgan fingerprint density at radius 2 is 1.96 bits per heavy atom. The highest BCUT2D eigenvalue weighted by Crippen LogP contribution is 2.40. The highest BCUT2D eigenvalue weighted by atomic mass is 19.1. The van der Waals surface area contributed by atoms with Crippen molar-refractivity contribution < 1.29 is 9.31 Å². The highest BCUT2D eigenvalue weighted by molar-refractivity contribution is 6.05. The molecule has 0 bridgehead atoms. The average Bonchev–Trinajstić information content (AvgIpc) is 2.48. The largest absolute Gasteiger partial charge is 0.369 e. The molecule has 0 saturated heterocycles. The Kier molecular flexibility index (Phi) is 3.63. The minimum Gasteiger partial charge on any atom is -0.369 e. The van der Waals surface area contributed by atoms with Crippen LogP contribution in [0.15, 0.2) is 28.2 Å². The Hall–Kier alpha value is -2.71. The van der Waals surface area contributed by atoms with Crippen molar-refractivity contribution >= 4 is 23.3 Å². The van der Waals surface area contributed by atoms with Gasteiger partial charge >= 0.3 is 0 Å². The number of nitrogens with zero attached hydrogens (tertiary/aromatic N) is 4. The van der Waals surface area contributed by atoms with Crippen LogP contribution in [-0.4, -0.2) is 22.5 Å². The van der Waals surface area contributed by atoms with Gasteiger partial charge in [0.25, 0.3) is 5.69 Å². The summed E-state index contributed by atoms with van der Waals surface area (Å²) in [7, 11) is 0. The number of nitro benzene ring substituents is 1. The Labute approximate surface area is 131 Å². The van der Waals surface area contributed by atoms with Gasteiger partial charge in [-0.05, 0) is 31.7 Å². The van der Waals surface area contributed by atoms with Crippen molar-refractivity contribution in [3.8, 4) is 0 Å². The van der Waals surface area contributed by atoms with E-state index in [2.05, 4.69) is 9.98 Å². The first-order chi connectivity index (χ1) is 10.9. The van der Waals surface area contributed by atoms with E-state index in [4.69, 9.17) is 11.5 Å². The fourth-order valence-electron chi connectivity index (χ4n) is 3.26. The van der Waals surface area contributed by atoms with E-state index in [9.17, 15) is 14.5 Å². The van der Waals surface area contributed by atoms with E-state index >= 15 is 0 Å². The van der Waals surface area contributed by atoms with Gasteiger partial charge in [-0.25, -0.2) is 9.38 Å². The Morgan fingerprint density at radius 3 is 2.57 bits per heavy atom. The van der Waals surface area contributed by atoms with Crippen LogP contribution in [0, 0.1) is 15.9 Å². The molecule has 1 fully saturated rings. The van der Waals surface area contributed by atoms with Crippen LogP contribution in [0.2, 0.25) is 0 Å². The molecule has 0 aromatic heterocycles. The first kappa shape index (κ1) is 15.2. The number of non-ortho nitro benzene ring substituents is 1. The van der Waals surface area contributed by atoms with Crippen LogP contribution >= 0.6 is 0 Å². The summed E-state index contributed by atoms with van der Waals surface area (Å²) >= 11 is 0. The number of anilines is 1. The van der Waals surface area contributed by atoms with Gasteiger partial charge in [0.1, 0.15) is 5.66 Å². The molecule has 1 saturated carbocycles. The zero-order chi connectivity index (χ0) is 16.6. The van der Waals surface area contributed by atoms with Gasteiger partial charge in [-0.15, -0.1) is 0 Å². The molecule has 0 radical (unpaired) electrons. The highest BCUT2D eigenvalue weighted by Gasteiger charge is 2.43. The van der Waals surface area contributed by atoms with Gasteiger partial charge in [-0.2, -0.15) is 4.99 Å². The maximum absolute atomic E-state index is 14.5. The Bertz CT molecular complexity index is 711. The molecule has 1 aliphatic heterocycles. The van der Waals surface area contributed by atoms with E-state index in [1.807, 2.05) is 0 Å². The molecule has 1 aliphatic carbocycles. The number of hydrogen-bond donors (Lipinski definition) is 2. The Morgan fingerprint density at radius 1 is 1.26 bits per heavy atom. The molecule has 1 spiro atoms. The van der Waals surface area contributed by atoms with Crippen LogP contribution < -0.4 is 16.4 Å². The standard InChI is InChI=1S/C14H17FN6O2/c15-10-8-9(21(22)23)4-5-11(10)20-13(17)18-12(16)19-14(20)6-2-1-3-7-14/h4-5,8H,1-3,6-7H2,(H4,16,17,18,19). The fourth-order valence-corrected chi connectivity index (χ4v) is 3.26. The predicted octanol–water partition coefficient (Wildman–Crippen LogP) is 1.84. The number of hydrogen-bond acceptors (Lipinski definition) is 7. The van der Waals surface area contributed by atoms with Gasteiger partial charge in [-0.3, -0.25) is 15.0 Å². The summed E-state index contributed by atoms with van der Waals surface area (Å²) in [4.78, 5) is 20.0. The lowest BCUT2D eigenvalue weighted by atomic mass is 9.87. The number of guanidine groups is 2. The summed E-state index contributed by atoms with van der Waals surface area (Å²) in [6, 6.07) is 3.45. The van der Waals surface area contributed by atoms with Crippen molar-refractivity contribution in [1.29, 1.82) is 0 Å². The van der Waals surface area contributed by atoms with Gasteiger partial charge < -0.3 is 11.5 Å². The number of nitrogens with two attached hydrogens (primary N) is 2. The van der Waals surface area contributed by atoms with Crippen molar-refractivity contribution in [1.82, 2.24) is 0 Å². The number of benzene rings is 1. The second-order valence-corrected chi connectivity index (χ2v) is 5.71. The molecule has 2 aliphatic rings. The zero-order valence-electron chi connectivity index (χ0n) is 12.4. The van der Waals surface area contributed by atoms with Crippen molar-refractivity contribution in [3.63, 3.8) is 0 Å². The monoisotopic (exact) mass is 320 g/mol. The van der Waals surface area contributed by atoms with E-state index in [1.165, 1.54) is 17.0 Å². The molecule has 0 atom stereocenters. The van der Waals surface area contributed by atoms with Gasteiger partial charge in [0.15, 0.2) is 5.82 Å². The molecule has 122 valence electrons. The molecule has 1 heterocycles. The summed E-state index contributed by atoms with van der Waals surface area (Å²) < 4.78 is 14.5. The van der Waals surface area contributed by atoms with E-state index in [0.29, 0.717) is 12.8 Å². The quantitative estimate of drug-likeness (QED) is 0.635. The van der Waals surface area contributed by atoms with Crippen molar-refractivity contribution in [3.05, 3.63) is 34.1 Å². The lowest BCUT2D eigenvalue weighted by Crippen LogP contribution is -2.58. The van der Waals surface area contributed by atoms with Crippen molar-refractivity contribution in [2.45, 2.75) is 37.8 Å². The van der Waals surface area contributed by atoms with Crippen LogP contribution in [0.5, 0.6) is 0 Å². The molecule has 23 heavy (non-hydrogen) atoms. The minimum absolute atomic E-state index is 0.0483. The summed E-state index contributed by atoms with van der Waals surface area (Å²) in [6.07, 6.45) is 4.22. The van der Waals surface area contributed by atoms with Crippen molar-refractivity contribution in [2.75, 3.05) is 4.90 Å². The lowest BCUT2D eigenvalue weighted by Gasteiger charge is -2.45. The van der Waals surface area contributed by atoms with Crippen LogP contribution in [0.3, 0.4) is 0 Å². The minimum atomic E-state index is -0.773. The van der Waals surface area contributed by atoms with Gasteiger partial charge in [0, 0.05) is 6.07 Å². The van der Waals surface area contributed by atoms with Crippen LogP contribution in [0.1, 0.15) is 32.1 Å². The third-order valence-corrected chi connectivity index (χ3v) is 4.23. The maximum Gasteiger partial charge on any atom is 0.272 e. The van der Waals surface area contributed by atoms with Crippen molar-refractivity contribution in [2.24, 2.45) is 21.5 Å². The van der Waals surface area contributed by atoms with E-state index in [1.54, 1.807) is 0 Å². The maximum atomic E-state index is 14.5. The third kappa shape index (κ3) is 2.58. The summed E-state index contributed by atoms with van der Waals surface area (Å²) in [6.45, 7) is 0. The lowest BCUT2D eigenvalue weighted by molar-refractivity contribution is -0.385. The van der Waals surface area contributed by atoms with E-state index in [-0.39, 0.29) is 23.3 Å². The first-order valence-electron chi connectivity index (χ1n) is 7.37. The molecule has 3 rings (SSSR count). The molecule has 0 unspecified atom stereocenters.